The highest BCUT2D eigenvalue weighted by Crippen LogP contribution is 2.23. The summed E-state index contributed by atoms with van der Waals surface area (Å²) in [6.07, 6.45) is 1.17. The van der Waals surface area contributed by atoms with E-state index in [1.807, 2.05) is 0 Å². The molecule has 2 rings (SSSR count). The predicted octanol–water partition coefficient (Wildman–Crippen LogP) is 2.39. The van der Waals surface area contributed by atoms with Crippen LogP contribution in [0.3, 0.4) is 0 Å². The van der Waals surface area contributed by atoms with Crippen molar-refractivity contribution in [2.45, 2.75) is 32.9 Å². The summed E-state index contributed by atoms with van der Waals surface area (Å²) >= 11 is 0. The fourth-order valence-corrected chi connectivity index (χ4v) is 2.43. The first-order valence-electron chi connectivity index (χ1n) is 6.02. The van der Waals surface area contributed by atoms with Crippen LogP contribution in [0.2, 0.25) is 0 Å². The number of ether oxygens (including phenoxy) is 1. The summed E-state index contributed by atoms with van der Waals surface area (Å²) in [5.41, 5.74) is 4.38. The number of methoxy groups -OCH3 is 1. The van der Waals surface area contributed by atoms with Gasteiger partial charge < -0.3 is 4.74 Å². The molecule has 0 radical (unpaired) electrons. The van der Waals surface area contributed by atoms with Crippen molar-refractivity contribution in [3.63, 3.8) is 0 Å². The molecular formula is C14H21NO. The Labute approximate surface area is 98.2 Å². The Morgan fingerprint density at radius 2 is 2.19 bits per heavy atom. The summed E-state index contributed by atoms with van der Waals surface area (Å²) in [6.45, 7) is 7.40. The Balaban J connectivity index is 2.13. The van der Waals surface area contributed by atoms with Gasteiger partial charge in [0, 0.05) is 26.2 Å². The lowest BCUT2D eigenvalue weighted by atomic mass is 9.93. The molecule has 1 unspecified atom stereocenters. The van der Waals surface area contributed by atoms with Crippen LogP contribution in [-0.2, 0) is 17.7 Å². The third-order valence-electron chi connectivity index (χ3n) is 3.46. The maximum Gasteiger partial charge on any atom is 0.0589 e. The minimum absolute atomic E-state index is 0.630. The van der Waals surface area contributed by atoms with Crippen molar-refractivity contribution in [2.24, 2.45) is 0 Å². The summed E-state index contributed by atoms with van der Waals surface area (Å²) < 4.78 is 5.16. The molecule has 2 nitrogen and oxygen atoms in total. The molecular weight excluding hydrogens is 198 g/mol. The summed E-state index contributed by atoms with van der Waals surface area (Å²) in [4.78, 5) is 2.51. The molecule has 0 N–H and O–H groups in total. The number of fused-ring (bicyclic) bond motifs is 1. The molecule has 2 heteroatoms. The van der Waals surface area contributed by atoms with E-state index in [9.17, 15) is 0 Å². The van der Waals surface area contributed by atoms with Crippen molar-refractivity contribution in [3.8, 4) is 0 Å². The fraction of sp³-hybridized carbons (Fsp3) is 0.571. The largest absolute Gasteiger partial charge is 0.383 e. The monoisotopic (exact) mass is 219 g/mol. The highest BCUT2D eigenvalue weighted by Gasteiger charge is 2.21. The third kappa shape index (κ3) is 2.45. The van der Waals surface area contributed by atoms with E-state index in [0.717, 1.165) is 19.7 Å². The Kier molecular flexibility index (Phi) is 3.62. The van der Waals surface area contributed by atoms with E-state index in [4.69, 9.17) is 4.74 Å². The lowest BCUT2D eigenvalue weighted by molar-refractivity contribution is 0.113. The zero-order valence-electron chi connectivity index (χ0n) is 10.5. The number of hydrogen-bond donors (Lipinski definition) is 0. The molecule has 1 atom stereocenters. The first kappa shape index (κ1) is 11.6. The van der Waals surface area contributed by atoms with E-state index in [1.54, 1.807) is 7.11 Å². The molecule has 88 valence electrons. The molecule has 1 aliphatic rings. The molecule has 0 aromatic heterocycles. The average Bonchev–Trinajstić information content (AvgIpc) is 2.27. The molecule has 1 heterocycles. The molecule has 0 spiro atoms. The molecule has 0 saturated carbocycles. The maximum atomic E-state index is 5.16. The molecule has 1 aromatic rings. The summed E-state index contributed by atoms with van der Waals surface area (Å²) in [5.74, 6) is 0. The van der Waals surface area contributed by atoms with Crippen LogP contribution in [0, 0.1) is 6.92 Å². The van der Waals surface area contributed by atoms with Crippen molar-refractivity contribution in [2.75, 3.05) is 20.3 Å². The third-order valence-corrected chi connectivity index (χ3v) is 3.46. The summed E-state index contributed by atoms with van der Waals surface area (Å²) in [6, 6.07) is 7.46. The second kappa shape index (κ2) is 4.98. The van der Waals surface area contributed by atoms with E-state index < -0.39 is 0 Å². The van der Waals surface area contributed by atoms with Gasteiger partial charge in [0.05, 0.1) is 6.61 Å². The molecule has 0 amide bonds. The van der Waals surface area contributed by atoms with Crippen LogP contribution >= 0.6 is 0 Å². The van der Waals surface area contributed by atoms with Gasteiger partial charge in [0.15, 0.2) is 0 Å². The van der Waals surface area contributed by atoms with Crippen molar-refractivity contribution in [3.05, 3.63) is 34.9 Å². The molecule has 1 aliphatic heterocycles. The van der Waals surface area contributed by atoms with Gasteiger partial charge in [0.1, 0.15) is 0 Å². The van der Waals surface area contributed by atoms with E-state index in [-0.39, 0.29) is 0 Å². The van der Waals surface area contributed by atoms with Gasteiger partial charge in [-0.3, -0.25) is 4.90 Å². The minimum atomic E-state index is 0.630. The Morgan fingerprint density at radius 3 is 2.94 bits per heavy atom. The highest BCUT2D eigenvalue weighted by molar-refractivity contribution is 5.33. The van der Waals surface area contributed by atoms with Gasteiger partial charge in [-0.1, -0.05) is 23.8 Å². The Hall–Kier alpha value is -0.860. The second-order valence-corrected chi connectivity index (χ2v) is 4.79. The molecule has 0 aliphatic carbocycles. The van der Waals surface area contributed by atoms with Gasteiger partial charge in [-0.2, -0.15) is 0 Å². The van der Waals surface area contributed by atoms with Crippen LogP contribution in [-0.4, -0.2) is 31.2 Å². The second-order valence-electron chi connectivity index (χ2n) is 4.79. The van der Waals surface area contributed by atoms with Crippen LogP contribution in [0.25, 0.3) is 0 Å². The standard InChI is InChI=1S/C14H21NO/c1-11-4-5-13-9-12(2)15(6-7-16-3)10-14(13)8-11/h4-5,8,12H,6-7,9-10H2,1-3H3. The van der Waals surface area contributed by atoms with Crippen LogP contribution in [0.4, 0.5) is 0 Å². The molecule has 0 bridgehead atoms. The van der Waals surface area contributed by atoms with Gasteiger partial charge in [0.2, 0.25) is 0 Å². The molecule has 1 aromatic carbocycles. The number of rotatable bonds is 3. The van der Waals surface area contributed by atoms with Gasteiger partial charge in [-0.15, -0.1) is 0 Å². The molecule has 0 fully saturated rings. The number of benzene rings is 1. The van der Waals surface area contributed by atoms with Crippen molar-refractivity contribution in [1.29, 1.82) is 0 Å². The lowest BCUT2D eigenvalue weighted by Gasteiger charge is -2.34. The van der Waals surface area contributed by atoms with Gasteiger partial charge in [-0.25, -0.2) is 0 Å². The van der Waals surface area contributed by atoms with Crippen molar-refractivity contribution in [1.82, 2.24) is 4.90 Å². The Morgan fingerprint density at radius 1 is 1.38 bits per heavy atom. The Bertz CT molecular complexity index is 362. The SMILES string of the molecule is COCCN1Cc2cc(C)ccc2CC1C. The van der Waals surface area contributed by atoms with Crippen LogP contribution in [0.5, 0.6) is 0 Å². The van der Waals surface area contributed by atoms with Crippen molar-refractivity contribution >= 4 is 0 Å². The molecule has 0 saturated heterocycles. The van der Waals surface area contributed by atoms with E-state index >= 15 is 0 Å². The van der Waals surface area contributed by atoms with Gasteiger partial charge >= 0.3 is 0 Å². The quantitative estimate of drug-likeness (QED) is 0.774. The topological polar surface area (TPSA) is 12.5 Å². The first-order chi connectivity index (χ1) is 7.70. The van der Waals surface area contributed by atoms with Gasteiger partial charge in [-0.05, 0) is 31.4 Å². The average molecular weight is 219 g/mol. The summed E-state index contributed by atoms with van der Waals surface area (Å²) in [7, 11) is 1.77. The predicted molar refractivity (Wildman–Crippen MR) is 66.6 cm³/mol. The number of hydrogen-bond acceptors (Lipinski definition) is 2. The zero-order chi connectivity index (χ0) is 11.5. The van der Waals surface area contributed by atoms with E-state index in [0.29, 0.717) is 6.04 Å². The highest BCUT2D eigenvalue weighted by atomic mass is 16.5. The lowest BCUT2D eigenvalue weighted by Crippen LogP contribution is -2.40. The number of aryl methyl sites for hydroxylation is 1. The van der Waals surface area contributed by atoms with E-state index in [2.05, 4.69) is 36.9 Å². The van der Waals surface area contributed by atoms with Crippen LogP contribution in [0.1, 0.15) is 23.6 Å². The smallest absolute Gasteiger partial charge is 0.0589 e. The first-order valence-corrected chi connectivity index (χ1v) is 6.02. The number of nitrogens with zero attached hydrogens (tertiary/aromatic N) is 1. The van der Waals surface area contributed by atoms with Crippen LogP contribution < -0.4 is 0 Å². The maximum absolute atomic E-state index is 5.16. The van der Waals surface area contributed by atoms with Crippen LogP contribution in [0.15, 0.2) is 18.2 Å². The van der Waals surface area contributed by atoms with Gasteiger partial charge in [0.25, 0.3) is 0 Å². The normalized spacial score (nSPS) is 20.8. The summed E-state index contributed by atoms with van der Waals surface area (Å²) in [5, 5.41) is 0. The van der Waals surface area contributed by atoms with Crippen molar-refractivity contribution < 1.29 is 4.74 Å². The minimum Gasteiger partial charge on any atom is -0.383 e. The fourth-order valence-electron chi connectivity index (χ4n) is 2.43. The van der Waals surface area contributed by atoms with E-state index in [1.165, 1.54) is 23.1 Å². The zero-order valence-corrected chi connectivity index (χ0v) is 10.5. The molecule has 16 heavy (non-hydrogen) atoms.